The molecule has 0 aliphatic carbocycles. The van der Waals surface area contributed by atoms with Gasteiger partial charge in [0, 0.05) is 23.7 Å². The molecule has 0 aliphatic heterocycles. The van der Waals surface area contributed by atoms with E-state index in [1.165, 1.54) is 6.07 Å². The van der Waals surface area contributed by atoms with Gasteiger partial charge in [-0.3, -0.25) is 4.79 Å². The topological polar surface area (TPSA) is 59.8 Å². The molecule has 1 N–H and O–H groups in total. The second-order valence-corrected chi connectivity index (χ2v) is 7.75. The highest BCUT2D eigenvalue weighted by Crippen LogP contribution is 2.33. The summed E-state index contributed by atoms with van der Waals surface area (Å²) in [7, 11) is 0. The minimum absolute atomic E-state index is 0.0910. The van der Waals surface area contributed by atoms with Gasteiger partial charge in [0.05, 0.1) is 28.5 Å². The van der Waals surface area contributed by atoms with Crippen LogP contribution in [0.4, 0.5) is 14.5 Å². The van der Waals surface area contributed by atoms with E-state index in [1.807, 2.05) is 43.3 Å². The molecular weight excluding hydrogens is 434 g/mol. The van der Waals surface area contributed by atoms with Crippen LogP contribution in [0.1, 0.15) is 17.3 Å². The van der Waals surface area contributed by atoms with Crippen molar-refractivity contribution in [1.29, 1.82) is 0 Å². The number of fused-ring (bicyclic) bond motifs is 1. The molecule has 0 atom stereocenters. The average Bonchev–Trinajstić information content (AvgIpc) is 3.29. The summed E-state index contributed by atoms with van der Waals surface area (Å²) in [4.78, 5) is 18.2. The molecule has 2 aromatic heterocycles. The van der Waals surface area contributed by atoms with Gasteiger partial charge < -0.3 is 5.32 Å². The van der Waals surface area contributed by atoms with Crippen LogP contribution in [-0.4, -0.2) is 20.7 Å². The average molecular weight is 454 g/mol. The van der Waals surface area contributed by atoms with Crippen molar-refractivity contribution in [2.75, 3.05) is 5.32 Å². The maximum Gasteiger partial charge on any atom is 0.256 e. The second kappa shape index (κ2) is 8.86. The Labute approximate surface area is 194 Å². The van der Waals surface area contributed by atoms with E-state index in [9.17, 15) is 13.6 Å². The summed E-state index contributed by atoms with van der Waals surface area (Å²) in [5, 5.41) is 7.56. The van der Waals surface area contributed by atoms with Gasteiger partial charge in [0.25, 0.3) is 5.91 Å². The van der Waals surface area contributed by atoms with Gasteiger partial charge in [-0.2, -0.15) is 5.10 Å². The van der Waals surface area contributed by atoms with Crippen molar-refractivity contribution in [3.05, 3.63) is 102 Å². The van der Waals surface area contributed by atoms with E-state index in [1.54, 1.807) is 41.2 Å². The lowest BCUT2D eigenvalue weighted by molar-refractivity contribution is 0.102. The Kier molecular flexibility index (Phi) is 5.59. The zero-order valence-corrected chi connectivity index (χ0v) is 18.3. The number of nitrogens with zero attached hydrogens (tertiary/aromatic N) is 3. The SMILES string of the molecule is CCn1ncc2c(C(=O)Nc3c(F)cc(F)cc3-c3ccccc3)cc(-c3ccccc3)nc21. The lowest BCUT2D eigenvalue weighted by atomic mass is 10.0. The molecule has 7 heteroatoms. The van der Waals surface area contributed by atoms with Crippen LogP contribution >= 0.6 is 0 Å². The van der Waals surface area contributed by atoms with Gasteiger partial charge in [0.2, 0.25) is 0 Å². The Bertz CT molecular complexity index is 1500. The first kappa shape index (κ1) is 21.5. The zero-order chi connectivity index (χ0) is 23.7. The first-order valence-electron chi connectivity index (χ1n) is 10.8. The van der Waals surface area contributed by atoms with E-state index < -0.39 is 17.5 Å². The van der Waals surface area contributed by atoms with Crippen molar-refractivity contribution in [2.24, 2.45) is 0 Å². The van der Waals surface area contributed by atoms with Crippen LogP contribution in [0.25, 0.3) is 33.4 Å². The molecule has 0 bridgehead atoms. The number of benzene rings is 3. The lowest BCUT2D eigenvalue weighted by Crippen LogP contribution is -2.15. The molecule has 0 fully saturated rings. The van der Waals surface area contributed by atoms with E-state index in [0.717, 1.165) is 11.6 Å². The maximum absolute atomic E-state index is 14.9. The number of anilines is 1. The van der Waals surface area contributed by atoms with Crippen LogP contribution in [-0.2, 0) is 6.54 Å². The number of hydrogen-bond donors (Lipinski definition) is 1. The molecule has 0 radical (unpaired) electrons. The molecule has 168 valence electrons. The monoisotopic (exact) mass is 454 g/mol. The molecule has 1 amide bonds. The van der Waals surface area contributed by atoms with Gasteiger partial charge in [-0.05, 0) is 24.6 Å². The maximum atomic E-state index is 14.9. The summed E-state index contributed by atoms with van der Waals surface area (Å²) in [6.45, 7) is 2.50. The van der Waals surface area contributed by atoms with Crippen molar-refractivity contribution in [3.8, 4) is 22.4 Å². The first-order chi connectivity index (χ1) is 16.5. The number of pyridine rings is 1. The van der Waals surface area contributed by atoms with Crippen molar-refractivity contribution in [1.82, 2.24) is 14.8 Å². The molecule has 5 aromatic rings. The number of amides is 1. The number of rotatable bonds is 5. The quantitative estimate of drug-likeness (QED) is 0.338. The third kappa shape index (κ3) is 3.92. The smallest absolute Gasteiger partial charge is 0.256 e. The van der Waals surface area contributed by atoms with Crippen LogP contribution in [0.3, 0.4) is 0 Å². The third-order valence-corrected chi connectivity index (χ3v) is 5.60. The lowest BCUT2D eigenvalue weighted by Gasteiger charge is -2.14. The van der Waals surface area contributed by atoms with Crippen LogP contribution in [0, 0.1) is 11.6 Å². The summed E-state index contributed by atoms with van der Waals surface area (Å²) in [6, 6.07) is 21.9. The van der Waals surface area contributed by atoms with E-state index in [-0.39, 0.29) is 11.3 Å². The van der Waals surface area contributed by atoms with Crippen molar-refractivity contribution < 1.29 is 13.6 Å². The standard InChI is InChI=1S/C27H20F2N4O/c1-2-33-26-22(16-30-33)21(15-24(31-26)18-11-7-4-8-12-18)27(34)32-25-20(13-19(28)14-23(25)29)17-9-5-3-6-10-17/h3-16H,2H2,1H3,(H,32,34). The number of aromatic nitrogens is 3. The fraction of sp³-hybridized carbons (Fsp3) is 0.0741. The van der Waals surface area contributed by atoms with Crippen molar-refractivity contribution >= 4 is 22.6 Å². The summed E-state index contributed by atoms with van der Waals surface area (Å²) >= 11 is 0. The first-order valence-corrected chi connectivity index (χ1v) is 10.8. The van der Waals surface area contributed by atoms with Gasteiger partial charge in [-0.25, -0.2) is 18.4 Å². The number of carbonyl (C=O) groups is 1. The molecule has 2 heterocycles. The Morgan fingerprint density at radius 2 is 1.62 bits per heavy atom. The zero-order valence-electron chi connectivity index (χ0n) is 18.3. The number of hydrogen-bond acceptors (Lipinski definition) is 3. The molecule has 0 aliphatic rings. The highest BCUT2D eigenvalue weighted by atomic mass is 19.1. The minimum atomic E-state index is -0.856. The molecule has 0 spiro atoms. The summed E-state index contributed by atoms with van der Waals surface area (Å²) in [6.07, 6.45) is 1.58. The Morgan fingerprint density at radius 3 is 2.29 bits per heavy atom. The second-order valence-electron chi connectivity index (χ2n) is 7.75. The molecule has 5 nitrogen and oxygen atoms in total. The summed E-state index contributed by atoms with van der Waals surface area (Å²) in [5.74, 6) is -2.12. The van der Waals surface area contributed by atoms with Crippen molar-refractivity contribution in [2.45, 2.75) is 13.5 Å². The molecule has 0 saturated carbocycles. The van der Waals surface area contributed by atoms with E-state index >= 15 is 0 Å². The van der Waals surface area contributed by atoms with Gasteiger partial charge in [-0.1, -0.05) is 60.7 Å². The van der Waals surface area contributed by atoms with Gasteiger partial charge in [-0.15, -0.1) is 0 Å². The van der Waals surface area contributed by atoms with E-state index in [2.05, 4.69) is 10.4 Å². The summed E-state index contributed by atoms with van der Waals surface area (Å²) in [5.41, 5.74) is 3.02. The molecule has 3 aromatic carbocycles. The normalized spacial score (nSPS) is 11.0. The molecule has 5 rings (SSSR count). The van der Waals surface area contributed by atoms with Gasteiger partial charge in [0.1, 0.15) is 11.6 Å². The van der Waals surface area contributed by atoms with Gasteiger partial charge in [0.15, 0.2) is 5.65 Å². The highest BCUT2D eigenvalue weighted by Gasteiger charge is 2.21. The fourth-order valence-corrected chi connectivity index (χ4v) is 3.95. The Hall–Kier alpha value is -4.39. The third-order valence-electron chi connectivity index (χ3n) is 5.60. The highest BCUT2D eigenvalue weighted by molar-refractivity contribution is 6.13. The predicted octanol–water partition coefficient (Wildman–Crippen LogP) is 6.32. The van der Waals surface area contributed by atoms with Crippen LogP contribution in [0.5, 0.6) is 0 Å². The summed E-state index contributed by atoms with van der Waals surface area (Å²) < 4.78 is 30.7. The van der Waals surface area contributed by atoms with Gasteiger partial charge >= 0.3 is 0 Å². The number of carbonyl (C=O) groups excluding carboxylic acids is 1. The number of halogens is 2. The van der Waals surface area contributed by atoms with E-state index in [4.69, 9.17) is 4.98 Å². The largest absolute Gasteiger partial charge is 0.319 e. The predicted molar refractivity (Wildman–Crippen MR) is 128 cm³/mol. The number of nitrogens with one attached hydrogen (secondary N) is 1. The van der Waals surface area contributed by atoms with Crippen LogP contribution in [0.2, 0.25) is 0 Å². The van der Waals surface area contributed by atoms with Crippen LogP contribution in [0.15, 0.2) is 85.1 Å². The molecular formula is C27H20F2N4O. The molecule has 0 saturated heterocycles. The fourth-order valence-electron chi connectivity index (χ4n) is 3.95. The minimum Gasteiger partial charge on any atom is -0.319 e. The van der Waals surface area contributed by atoms with Crippen LogP contribution < -0.4 is 5.32 Å². The van der Waals surface area contributed by atoms with E-state index in [0.29, 0.717) is 34.4 Å². The van der Waals surface area contributed by atoms with Crippen molar-refractivity contribution in [3.63, 3.8) is 0 Å². The Balaban J connectivity index is 1.64. The number of aryl methyl sites for hydroxylation is 1. The Morgan fingerprint density at radius 1 is 0.941 bits per heavy atom. The molecule has 34 heavy (non-hydrogen) atoms. The molecule has 0 unspecified atom stereocenters.